The Labute approximate surface area is 111 Å². The molecule has 0 fully saturated rings. The smallest absolute Gasteiger partial charge is 0.147 e. The minimum Gasteiger partial charge on any atom is -0.322 e. The van der Waals surface area contributed by atoms with Crippen molar-refractivity contribution in [1.82, 2.24) is 0 Å². The monoisotopic (exact) mass is 319 g/mol. The van der Waals surface area contributed by atoms with Crippen molar-refractivity contribution < 1.29 is 8.42 Å². The van der Waals surface area contributed by atoms with Crippen LogP contribution in [-0.4, -0.2) is 20.4 Å². The van der Waals surface area contributed by atoms with Crippen LogP contribution in [0.25, 0.3) is 0 Å². The Balaban J connectivity index is 2.69. The Kier molecular flexibility index (Phi) is 4.75. The van der Waals surface area contributed by atoms with Crippen molar-refractivity contribution in [3.8, 4) is 0 Å². The quantitative estimate of drug-likeness (QED) is 0.906. The third kappa shape index (κ3) is 5.19. The predicted octanol–water partition coefficient (Wildman–Crippen LogP) is 2.45. The number of sulfone groups is 1. The van der Waals surface area contributed by atoms with Gasteiger partial charge in [-0.15, -0.1) is 0 Å². The highest BCUT2D eigenvalue weighted by molar-refractivity contribution is 9.10. The van der Waals surface area contributed by atoms with Crippen molar-refractivity contribution >= 4 is 25.8 Å². The first-order chi connectivity index (χ1) is 7.71. The molecule has 0 aliphatic carbocycles. The van der Waals surface area contributed by atoms with E-state index in [-0.39, 0.29) is 5.75 Å². The second-order valence-corrected chi connectivity index (χ2v) is 7.84. The molecule has 0 saturated carbocycles. The first-order valence-electron chi connectivity index (χ1n) is 5.43. The summed E-state index contributed by atoms with van der Waals surface area (Å²) in [5.41, 5.74) is 6.74. The van der Waals surface area contributed by atoms with Crippen LogP contribution < -0.4 is 5.73 Å². The first-order valence-corrected chi connectivity index (χ1v) is 8.29. The van der Waals surface area contributed by atoms with E-state index in [9.17, 15) is 8.42 Å². The Morgan fingerprint density at radius 1 is 1.41 bits per heavy atom. The van der Waals surface area contributed by atoms with Gasteiger partial charge in [0.05, 0.1) is 0 Å². The molecule has 1 aromatic carbocycles. The second-order valence-electron chi connectivity index (χ2n) is 4.66. The molecule has 0 aliphatic heterocycles. The number of rotatable bonds is 5. The predicted molar refractivity (Wildman–Crippen MR) is 74.6 cm³/mol. The molecule has 17 heavy (non-hydrogen) atoms. The fourth-order valence-electron chi connectivity index (χ4n) is 1.69. The zero-order valence-corrected chi connectivity index (χ0v) is 12.5. The summed E-state index contributed by atoms with van der Waals surface area (Å²) < 4.78 is 23.1. The molecule has 0 bridgehead atoms. The van der Waals surface area contributed by atoms with Gasteiger partial charge in [0, 0.05) is 22.0 Å². The number of hydrogen-bond acceptors (Lipinski definition) is 3. The molecule has 0 radical (unpaired) electrons. The molecular weight excluding hydrogens is 302 g/mol. The molecule has 1 aromatic rings. The Bertz CT molecular complexity index is 483. The van der Waals surface area contributed by atoms with Crippen LogP contribution in [0.2, 0.25) is 0 Å². The standard InChI is InChI=1S/C12H18BrNO2S/c1-12(14,7-4-8-17(2,15)16)10-5-3-6-11(13)9-10/h3,5-6,9H,4,7-8,14H2,1-2H3. The average molecular weight is 320 g/mol. The molecule has 0 spiro atoms. The molecule has 0 aliphatic rings. The van der Waals surface area contributed by atoms with Gasteiger partial charge in [0.25, 0.3) is 0 Å². The van der Waals surface area contributed by atoms with Crippen LogP contribution in [0.3, 0.4) is 0 Å². The molecule has 0 saturated heterocycles. The molecule has 0 heterocycles. The summed E-state index contributed by atoms with van der Waals surface area (Å²) in [4.78, 5) is 0. The second kappa shape index (κ2) is 5.50. The van der Waals surface area contributed by atoms with Gasteiger partial charge in [0.2, 0.25) is 0 Å². The van der Waals surface area contributed by atoms with Crippen LogP contribution in [0.5, 0.6) is 0 Å². The molecule has 96 valence electrons. The van der Waals surface area contributed by atoms with Gasteiger partial charge in [0.15, 0.2) is 0 Å². The van der Waals surface area contributed by atoms with Crippen molar-refractivity contribution in [3.63, 3.8) is 0 Å². The maximum absolute atomic E-state index is 11.1. The van der Waals surface area contributed by atoms with Crippen LogP contribution in [0, 0.1) is 0 Å². The van der Waals surface area contributed by atoms with E-state index in [1.807, 2.05) is 31.2 Å². The topological polar surface area (TPSA) is 60.2 Å². The van der Waals surface area contributed by atoms with Gasteiger partial charge < -0.3 is 5.73 Å². The summed E-state index contributed by atoms with van der Waals surface area (Å²) in [5.74, 6) is 0.188. The summed E-state index contributed by atoms with van der Waals surface area (Å²) in [5, 5.41) is 0. The fraction of sp³-hybridized carbons (Fsp3) is 0.500. The number of hydrogen-bond donors (Lipinski definition) is 1. The van der Waals surface area contributed by atoms with Gasteiger partial charge in [-0.05, 0) is 37.5 Å². The maximum atomic E-state index is 11.1. The largest absolute Gasteiger partial charge is 0.322 e. The molecule has 1 unspecified atom stereocenters. The third-order valence-electron chi connectivity index (χ3n) is 2.70. The van der Waals surface area contributed by atoms with E-state index < -0.39 is 15.4 Å². The van der Waals surface area contributed by atoms with E-state index in [1.54, 1.807) is 0 Å². The Hall–Kier alpha value is -0.390. The lowest BCUT2D eigenvalue weighted by Gasteiger charge is -2.25. The van der Waals surface area contributed by atoms with Gasteiger partial charge in [-0.2, -0.15) is 0 Å². The highest BCUT2D eigenvalue weighted by Gasteiger charge is 2.21. The summed E-state index contributed by atoms with van der Waals surface area (Å²) in [6.07, 6.45) is 2.48. The minimum atomic E-state index is -2.90. The first kappa shape index (κ1) is 14.7. The summed E-state index contributed by atoms with van der Waals surface area (Å²) in [6.45, 7) is 1.93. The number of benzene rings is 1. The lowest BCUT2D eigenvalue weighted by molar-refractivity contribution is 0.446. The van der Waals surface area contributed by atoms with Crippen LogP contribution in [0.4, 0.5) is 0 Å². The van der Waals surface area contributed by atoms with Crippen LogP contribution in [0.15, 0.2) is 28.7 Å². The van der Waals surface area contributed by atoms with Gasteiger partial charge in [-0.3, -0.25) is 0 Å². The zero-order valence-electron chi connectivity index (χ0n) is 10.1. The van der Waals surface area contributed by atoms with Gasteiger partial charge in [0.1, 0.15) is 9.84 Å². The summed E-state index contributed by atoms with van der Waals surface area (Å²) in [7, 11) is -2.90. The van der Waals surface area contributed by atoms with Crippen molar-refractivity contribution in [2.45, 2.75) is 25.3 Å². The third-order valence-corrected chi connectivity index (χ3v) is 4.22. The summed E-state index contributed by atoms with van der Waals surface area (Å²) in [6, 6.07) is 7.81. The molecule has 0 aromatic heterocycles. The van der Waals surface area contributed by atoms with E-state index in [2.05, 4.69) is 15.9 Å². The zero-order chi connectivity index (χ0) is 13.1. The molecule has 5 heteroatoms. The van der Waals surface area contributed by atoms with Crippen molar-refractivity contribution in [1.29, 1.82) is 0 Å². The van der Waals surface area contributed by atoms with Crippen LogP contribution in [0.1, 0.15) is 25.3 Å². The Morgan fingerprint density at radius 3 is 2.59 bits per heavy atom. The van der Waals surface area contributed by atoms with Crippen molar-refractivity contribution in [2.75, 3.05) is 12.0 Å². The molecular formula is C12H18BrNO2S. The highest BCUT2D eigenvalue weighted by Crippen LogP contribution is 2.25. The summed E-state index contributed by atoms with van der Waals surface area (Å²) >= 11 is 3.40. The highest BCUT2D eigenvalue weighted by atomic mass is 79.9. The lowest BCUT2D eigenvalue weighted by Crippen LogP contribution is -2.33. The number of halogens is 1. The van der Waals surface area contributed by atoms with Crippen molar-refractivity contribution in [2.24, 2.45) is 5.73 Å². The molecule has 1 rings (SSSR count). The average Bonchev–Trinajstić information content (AvgIpc) is 2.15. The van der Waals surface area contributed by atoms with E-state index in [4.69, 9.17) is 5.73 Å². The fourth-order valence-corrected chi connectivity index (χ4v) is 2.76. The lowest BCUT2D eigenvalue weighted by atomic mass is 9.89. The van der Waals surface area contributed by atoms with E-state index in [0.717, 1.165) is 10.0 Å². The van der Waals surface area contributed by atoms with Gasteiger partial charge in [-0.1, -0.05) is 28.1 Å². The minimum absolute atomic E-state index is 0.188. The molecule has 2 N–H and O–H groups in total. The van der Waals surface area contributed by atoms with E-state index in [1.165, 1.54) is 6.26 Å². The normalized spacial score (nSPS) is 15.5. The van der Waals surface area contributed by atoms with E-state index >= 15 is 0 Å². The maximum Gasteiger partial charge on any atom is 0.147 e. The van der Waals surface area contributed by atoms with Crippen LogP contribution >= 0.6 is 15.9 Å². The van der Waals surface area contributed by atoms with Crippen LogP contribution in [-0.2, 0) is 15.4 Å². The van der Waals surface area contributed by atoms with Gasteiger partial charge in [-0.25, -0.2) is 8.42 Å². The van der Waals surface area contributed by atoms with Gasteiger partial charge >= 0.3 is 0 Å². The number of nitrogens with two attached hydrogens (primary N) is 1. The Morgan fingerprint density at radius 2 is 2.06 bits per heavy atom. The molecule has 3 nitrogen and oxygen atoms in total. The van der Waals surface area contributed by atoms with E-state index in [0.29, 0.717) is 12.8 Å². The molecule has 1 atom stereocenters. The SMILES string of the molecule is CC(N)(CCCS(C)(=O)=O)c1cccc(Br)c1. The molecule has 0 amide bonds. The van der Waals surface area contributed by atoms with Crippen molar-refractivity contribution in [3.05, 3.63) is 34.3 Å².